The molecule has 1 aromatic heterocycles. The lowest BCUT2D eigenvalue weighted by Gasteiger charge is -2.08. The van der Waals surface area contributed by atoms with Crippen molar-refractivity contribution in [1.29, 1.82) is 0 Å². The average Bonchev–Trinajstić information content (AvgIpc) is 3.03. The van der Waals surface area contributed by atoms with Gasteiger partial charge in [0.2, 0.25) is 5.91 Å². The van der Waals surface area contributed by atoms with E-state index in [0.717, 1.165) is 14.6 Å². The zero-order valence-electron chi connectivity index (χ0n) is 13.4. The Morgan fingerprint density at radius 1 is 1.08 bits per heavy atom. The number of carbonyl (C=O) groups is 2. The molecule has 3 aromatic rings. The molecule has 0 saturated heterocycles. The third-order valence-corrected chi connectivity index (χ3v) is 5.41. The molecular weight excluding hydrogens is 356 g/mol. The first kappa shape index (κ1) is 17.2. The monoisotopic (exact) mass is 372 g/mol. The van der Waals surface area contributed by atoms with Gasteiger partial charge in [0.05, 0.1) is 16.0 Å². The summed E-state index contributed by atoms with van der Waals surface area (Å²) in [6.07, 6.45) is 0. The highest BCUT2D eigenvalue weighted by molar-refractivity contribution is 8.01. The van der Waals surface area contributed by atoms with E-state index in [2.05, 4.69) is 20.9 Å². The second-order valence-electron chi connectivity index (χ2n) is 5.07. The Bertz CT molecular complexity index is 877. The van der Waals surface area contributed by atoms with Gasteiger partial charge in [-0.3, -0.25) is 4.79 Å². The summed E-state index contributed by atoms with van der Waals surface area (Å²) in [6, 6.07) is 14.6. The average molecular weight is 372 g/mol. The standard InChI is InChI=1S/C17H16N4O2S2/c1-18-16(23)20-12-6-4-5-11(9-12)19-15(22)10-24-17-21-13-7-2-3-8-14(13)25-17/h2-9H,10H2,1H3,(H,19,22)(H2,18,20,23). The van der Waals surface area contributed by atoms with Crippen LogP contribution in [0.15, 0.2) is 52.9 Å². The van der Waals surface area contributed by atoms with Gasteiger partial charge in [0, 0.05) is 18.4 Å². The normalized spacial score (nSPS) is 10.4. The molecule has 3 amide bonds. The maximum absolute atomic E-state index is 12.1. The van der Waals surface area contributed by atoms with Crippen LogP contribution in [0.2, 0.25) is 0 Å². The lowest BCUT2D eigenvalue weighted by atomic mass is 10.3. The molecule has 0 aliphatic carbocycles. The summed E-state index contributed by atoms with van der Waals surface area (Å²) in [5.41, 5.74) is 2.18. The Balaban J connectivity index is 1.57. The first-order chi connectivity index (χ1) is 12.1. The van der Waals surface area contributed by atoms with Crippen molar-refractivity contribution >= 4 is 56.6 Å². The molecule has 0 fully saturated rings. The maximum Gasteiger partial charge on any atom is 0.318 e. The van der Waals surface area contributed by atoms with Gasteiger partial charge in [0.1, 0.15) is 0 Å². The minimum absolute atomic E-state index is 0.124. The van der Waals surface area contributed by atoms with Gasteiger partial charge in [-0.15, -0.1) is 11.3 Å². The summed E-state index contributed by atoms with van der Waals surface area (Å²) in [5, 5.41) is 7.96. The number of anilines is 2. The summed E-state index contributed by atoms with van der Waals surface area (Å²) in [5.74, 6) is 0.147. The van der Waals surface area contributed by atoms with Gasteiger partial charge in [0.15, 0.2) is 4.34 Å². The van der Waals surface area contributed by atoms with Crippen LogP contribution in [0.5, 0.6) is 0 Å². The van der Waals surface area contributed by atoms with Gasteiger partial charge >= 0.3 is 6.03 Å². The SMILES string of the molecule is CNC(=O)Nc1cccc(NC(=O)CSc2nc3ccccc3s2)c1. The van der Waals surface area contributed by atoms with E-state index in [1.54, 1.807) is 42.6 Å². The van der Waals surface area contributed by atoms with E-state index >= 15 is 0 Å². The van der Waals surface area contributed by atoms with Crippen molar-refractivity contribution in [2.75, 3.05) is 23.4 Å². The molecule has 1 heterocycles. The molecular formula is C17H16N4O2S2. The quantitative estimate of drug-likeness (QED) is 0.595. The summed E-state index contributed by atoms with van der Waals surface area (Å²) in [4.78, 5) is 28.0. The molecule has 3 rings (SSSR count). The van der Waals surface area contributed by atoms with E-state index < -0.39 is 0 Å². The van der Waals surface area contributed by atoms with E-state index in [-0.39, 0.29) is 17.7 Å². The van der Waals surface area contributed by atoms with Crippen LogP contribution in [0.25, 0.3) is 10.2 Å². The van der Waals surface area contributed by atoms with Crippen molar-refractivity contribution in [2.45, 2.75) is 4.34 Å². The molecule has 3 N–H and O–H groups in total. The first-order valence-corrected chi connectivity index (χ1v) is 9.31. The number of nitrogens with one attached hydrogen (secondary N) is 3. The molecule has 0 saturated carbocycles. The number of para-hydroxylation sites is 1. The number of amides is 3. The van der Waals surface area contributed by atoms with Crippen LogP contribution in [0.3, 0.4) is 0 Å². The fraction of sp³-hybridized carbons (Fsp3) is 0.118. The zero-order chi connectivity index (χ0) is 17.6. The highest BCUT2D eigenvalue weighted by atomic mass is 32.2. The van der Waals surface area contributed by atoms with Crippen LogP contribution in [0, 0.1) is 0 Å². The number of nitrogens with zero attached hydrogens (tertiary/aromatic N) is 1. The molecule has 128 valence electrons. The van der Waals surface area contributed by atoms with E-state index in [9.17, 15) is 9.59 Å². The van der Waals surface area contributed by atoms with Crippen molar-refractivity contribution < 1.29 is 9.59 Å². The van der Waals surface area contributed by atoms with Crippen LogP contribution in [-0.2, 0) is 4.79 Å². The number of fused-ring (bicyclic) bond motifs is 1. The number of thioether (sulfide) groups is 1. The number of urea groups is 1. The molecule has 25 heavy (non-hydrogen) atoms. The predicted octanol–water partition coefficient (Wildman–Crippen LogP) is 3.78. The summed E-state index contributed by atoms with van der Waals surface area (Å²) >= 11 is 2.98. The van der Waals surface area contributed by atoms with Crippen LogP contribution in [-0.4, -0.2) is 29.7 Å². The Labute approximate surface area is 153 Å². The fourth-order valence-electron chi connectivity index (χ4n) is 2.11. The van der Waals surface area contributed by atoms with Crippen LogP contribution in [0.4, 0.5) is 16.2 Å². The summed E-state index contributed by atoms with van der Waals surface area (Å²) in [7, 11) is 1.54. The van der Waals surface area contributed by atoms with Crippen LogP contribution >= 0.6 is 23.1 Å². The number of carbonyl (C=O) groups excluding carboxylic acids is 2. The third kappa shape index (κ3) is 4.71. The van der Waals surface area contributed by atoms with Gasteiger partial charge in [-0.05, 0) is 30.3 Å². The largest absolute Gasteiger partial charge is 0.341 e. The second kappa shape index (κ2) is 8.00. The smallest absolute Gasteiger partial charge is 0.318 e. The van der Waals surface area contributed by atoms with Gasteiger partial charge in [-0.25, -0.2) is 9.78 Å². The number of aromatic nitrogens is 1. The van der Waals surface area contributed by atoms with Crippen molar-refractivity contribution in [1.82, 2.24) is 10.3 Å². The molecule has 0 aliphatic rings. The Kier molecular flexibility index (Phi) is 5.52. The van der Waals surface area contributed by atoms with Crippen molar-refractivity contribution in [2.24, 2.45) is 0 Å². The maximum atomic E-state index is 12.1. The number of thiazole rings is 1. The van der Waals surface area contributed by atoms with E-state index in [0.29, 0.717) is 11.4 Å². The first-order valence-electron chi connectivity index (χ1n) is 7.51. The summed E-state index contributed by atoms with van der Waals surface area (Å²) in [6.45, 7) is 0. The minimum Gasteiger partial charge on any atom is -0.341 e. The third-order valence-electron chi connectivity index (χ3n) is 3.23. The van der Waals surface area contributed by atoms with Gasteiger partial charge in [-0.2, -0.15) is 0 Å². The molecule has 8 heteroatoms. The Hall–Kier alpha value is -2.58. The van der Waals surface area contributed by atoms with Gasteiger partial charge in [-0.1, -0.05) is 30.0 Å². The highest BCUT2D eigenvalue weighted by Gasteiger charge is 2.08. The number of hydrogen-bond donors (Lipinski definition) is 3. The molecule has 0 unspecified atom stereocenters. The molecule has 0 bridgehead atoms. The van der Waals surface area contributed by atoms with Crippen LogP contribution < -0.4 is 16.0 Å². The van der Waals surface area contributed by atoms with Crippen LogP contribution in [0.1, 0.15) is 0 Å². The lowest BCUT2D eigenvalue weighted by molar-refractivity contribution is -0.113. The second-order valence-corrected chi connectivity index (χ2v) is 7.32. The van der Waals surface area contributed by atoms with E-state index in [1.165, 1.54) is 11.8 Å². The predicted molar refractivity (Wildman–Crippen MR) is 103 cm³/mol. The van der Waals surface area contributed by atoms with E-state index in [1.807, 2.05) is 24.3 Å². The Morgan fingerprint density at radius 2 is 1.84 bits per heavy atom. The number of hydrogen-bond acceptors (Lipinski definition) is 5. The van der Waals surface area contributed by atoms with Crippen molar-refractivity contribution in [3.8, 4) is 0 Å². The number of rotatable bonds is 5. The Morgan fingerprint density at radius 3 is 2.60 bits per heavy atom. The molecule has 0 aliphatic heterocycles. The number of benzene rings is 2. The lowest BCUT2D eigenvalue weighted by Crippen LogP contribution is -2.24. The molecule has 6 nitrogen and oxygen atoms in total. The van der Waals surface area contributed by atoms with Crippen molar-refractivity contribution in [3.63, 3.8) is 0 Å². The topological polar surface area (TPSA) is 83.1 Å². The minimum atomic E-state index is -0.310. The van der Waals surface area contributed by atoms with Crippen molar-refractivity contribution in [3.05, 3.63) is 48.5 Å². The van der Waals surface area contributed by atoms with E-state index in [4.69, 9.17) is 0 Å². The fourth-order valence-corrected chi connectivity index (χ4v) is 3.97. The molecule has 2 aromatic carbocycles. The highest BCUT2D eigenvalue weighted by Crippen LogP contribution is 2.29. The molecule has 0 atom stereocenters. The van der Waals surface area contributed by atoms with Gasteiger partial charge < -0.3 is 16.0 Å². The zero-order valence-corrected chi connectivity index (χ0v) is 15.0. The molecule has 0 radical (unpaired) electrons. The summed E-state index contributed by atoms with van der Waals surface area (Å²) < 4.78 is 1.98. The van der Waals surface area contributed by atoms with Gasteiger partial charge in [0.25, 0.3) is 0 Å². The molecule has 0 spiro atoms.